The van der Waals surface area contributed by atoms with Crippen LogP contribution in [0, 0.1) is 0 Å². The average molecular weight is 182 g/mol. The Morgan fingerprint density at radius 3 is 2.50 bits per heavy atom. The van der Waals surface area contributed by atoms with Gasteiger partial charge < -0.3 is 0 Å². The summed E-state index contributed by atoms with van der Waals surface area (Å²) in [5.41, 5.74) is 3.36. The number of hydrogen-bond acceptors (Lipinski definition) is 0. The second-order valence-corrected chi connectivity index (χ2v) is 4.88. The zero-order valence-corrected chi connectivity index (χ0v) is 8.67. The first kappa shape index (κ1) is 8.05. The maximum absolute atomic E-state index is 2.34. The van der Waals surface area contributed by atoms with Crippen LogP contribution in [0.1, 0.15) is 25.0 Å². The third-order valence-electron chi connectivity index (χ3n) is 3.35. The SMILES string of the molecule is CC1(C)Cc2cccc3cccc1c23. The summed E-state index contributed by atoms with van der Waals surface area (Å²) in [6.45, 7) is 4.67. The van der Waals surface area contributed by atoms with Crippen LogP contribution in [-0.4, -0.2) is 0 Å². The van der Waals surface area contributed by atoms with Crippen LogP contribution in [-0.2, 0) is 11.8 Å². The van der Waals surface area contributed by atoms with Crippen LogP contribution in [0.25, 0.3) is 10.8 Å². The van der Waals surface area contributed by atoms with Crippen LogP contribution in [0.4, 0.5) is 0 Å². The smallest absolute Gasteiger partial charge is 0.00567 e. The van der Waals surface area contributed by atoms with Crippen molar-refractivity contribution in [3.8, 4) is 0 Å². The first-order valence-electron chi connectivity index (χ1n) is 5.20. The Labute approximate surface area is 84.6 Å². The monoisotopic (exact) mass is 182 g/mol. The normalized spacial score (nSPS) is 17.6. The fourth-order valence-electron chi connectivity index (χ4n) is 2.70. The molecule has 0 unspecified atom stereocenters. The van der Waals surface area contributed by atoms with Crippen LogP contribution in [0.2, 0.25) is 0 Å². The van der Waals surface area contributed by atoms with Crippen molar-refractivity contribution in [2.24, 2.45) is 0 Å². The maximum Gasteiger partial charge on any atom is -0.00567 e. The lowest BCUT2D eigenvalue weighted by atomic mass is 9.86. The molecule has 1 aliphatic carbocycles. The predicted molar refractivity (Wildman–Crippen MR) is 60.7 cm³/mol. The quantitative estimate of drug-likeness (QED) is 0.583. The van der Waals surface area contributed by atoms with E-state index in [4.69, 9.17) is 0 Å². The molecule has 0 atom stereocenters. The summed E-state index contributed by atoms with van der Waals surface area (Å²) in [4.78, 5) is 0. The fourth-order valence-corrected chi connectivity index (χ4v) is 2.70. The zero-order chi connectivity index (χ0) is 9.76. The van der Waals surface area contributed by atoms with Crippen molar-refractivity contribution in [3.05, 3.63) is 47.5 Å². The van der Waals surface area contributed by atoms with E-state index in [2.05, 4.69) is 50.2 Å². The van der Waals surface area contributed by atoms with Gasteiger partial charge in [0.15, 0.2) is 0 Å². The van der Waals surface area contributed by atoms with Gasteiger partial charge >= 0.3 is 0 Å². The van der Waals surface area contributed by atoms with E-state index in [-0.39, 0.29) is 0 Å². The number of rotatable bonds is 0. The second-order valence-electron chi connectivity index (χ2n) is 4.88. The van der Waals surface area contributed by atoms with E-state index in [1.165, 1.54) is 28.3 Å². The third kappa shape index (κ3) is 0.886. The van der Waals surface area contributed by atoms with Crippen molar-refractivity contribution < 1.29 is 0 Å². The predicted octanol–water partition coefficient (Wildman–Crippen LogP) is 3.67. The maximum atomic E-state index is 2.34. The molecule has 0 saturated carbocycles. The molecule has 0 aromatic heterocycles. The van der Waals surface area contributed by atoms with Gasteiger partial charge in [0.05, 0.1) is 0 Å². The zero-order valence-electron chi connectivity index (χ0n) is 8.67. The Balaban J connectivity index is 2.50. The Bertz CT molecular complexity index is 501. The lowest BCUT2D eigenvalue weighted by Gasteiger charge is -2.18. The Kier molecular flexibility index (Phi) is 1.37. The van der Waals surface area contributed by atoms with E-state index in [1.807, 2.05) is 0 Å². The molecule has 0 saturated heterocycles. The molecule has 2 aromatic rings. The summed E-state index contributed by atoms with van der Waals surface area (Å²) in [5, 5.41) is 2.89. The molecule has 0 heterocycles. The molecule has 14 heavy (non-hydrogen) atoms. The topological polar surface area (TPSA) is 0 Å². The number of benzene rings is 2. The molecule has 70 valence electrons. The van der Waals surface area contributed by atoms with Crippen LogP contribution in [0.5, 0.6) is 0 Å². The highest BCUT2D eigenvalue weighted by molar-refractivity contribution is 5.92. The van der Waals surface area contributed by atoms with Gasteiger partial charge in [-0.05, 0) is 33.7 Å². The largest absolute Gasteiger partial charge is 0.0614 e. The van der Waals surface area contributed by atoms with Crippen LogP contribution < -0.4 is 0 Å². The van der Waals surface area contributed by atoms with Crippen molar-refractivity contribution in [1.29, 1.82) is 0 Å². The van der Waals surface area contributed by atoms with Crippen LogP contribution in [0.3, 0.4) is 0 Å². The summed E-state index contributed by atoms with van der Waals surface area (Å²) in [6.07, 6.45) is 1.18. The minimum atomic E-state index is 0.323. The van der Waals surface area contributed by atoms with Crippen LogP contribution >= 0.6 is 0 Å². The van der Waals surface area contributed by atoms with E-state index >= 15 is 0 Å². The van der Waals surface area contributed by atoms with Gasteiger partial charge in [-0.1, -0.05) is 50.2 Å². The van der Waals surface area contributed by atoms with Crippen molar-refractivity contribution >= 4 is 10.8 Å². The molecular formula is C14H14. The molecule has 0 spiro atoms. The van der Waals surface area contributed by atoms with Gasteiger partial charge in [0.1, 0.15) is 0 Å². The van der Waals surface area contributed by atoms with E-state index in [0.29, 0.717) is 5.41 Å². The molecule has 0 fully saturated rings. The van der Waals surface area contributed by atoms with Crippen molar-refractivity contribution in [2.75, 3.05) is 0 Å². The van der Waals surface area contributed by atoms with E-state index < -0.39 is 0 Å². The fraction of sp³-hybridized carbons (Fsp3) is 0.286. The minimum absolute atomic E-state index is 0.323. The first-order chi connectivity index (χ1) is 6.68. The summed E-state index contributed by atoms with van der Waals surface area (Å²) in [7, 11) is 0. The molecule has 0 N–H and O–H groups in total. The lowest BCUT2D eigenvalue weighted by Crippen LogP contribution is -2.14. The van der Waals surface area contributed by atoms with Crippen molar-refractivity contribution in [3.63, 3.8) is 0 Å². The van der Waals surface area contributed by atoms with Gasteiger partial charge in [-0.3, -0.25) is 0 Å². The summed E-state index contributed by atoms with van der Waals surface area (Å²) in [6, 6.07) is 13.3. The summed E-state index contributed by atoms with van der Waals surface area (Å²) >= 11 is 0. The standard InChI is InChI=1S/C14H14/c1-14(2)9-11-7-3-5-10-6-4-8-12(14)13(10)11/h3-8H,9H2,1-2H3. The van der Waals surface area contributed by atoms with E-state index in [0.717, 1.165) is 0 Å². The van der Waals surface area contributed by atoms with Crippen molar-refractivity contribution in [2.45, 2.75) is 25.7 Å². The molecule has 2 aromatic carbocycles. The first-order valence-corrected chi connectivity index (χ1v) is 5.20. The van der Waals surface area contributed by atoms with Gasteiger partial charge in [-0.2, -0.15) is 0 Å². The van der Waals surface area contributed by atoms with Gasteiger partial charge in [0.2, 0.25) is 0 Å². The Morgan fingerprint density at radius 2 is 1.71 bits per heavy atom. The Hall–Kier alpha value is -1.30. The summed E-state index contributed by atoms with van der Waals surface area (Å²) in [5.74, 6) is 0. The van der Waals surface area contributed by atoms with E-state index in [1.54, 1.807) is 0 Å². The molecule has 1 aliphatic rings. The number of hydrogen-bond donors (Lipinski definition) is 0. The molecule has 0 heteroatoms. The van der Waals surface area contributed by atoms with Gasteiger partial charge in [-0.15, -0.1) is 0 Å². The van der Waals surface area contributed by atoms with Gasteiger partial charge in [0.25, 0.3) is 0 Å². The highest BCUT2D eigenvalue weighted by Crippen LogP contribution is 2.41. The second kappa shape index (κ2) is 2.38. The molecule has 3 rings (SSSR count). The molecule has 0 amide bonds. The average Bonchev–Trinajstić information content (AvgIpc) is 2.41. The third-order valence-corrected chi connectivity index (χ3v) is 3.35. The van der Waals surface area contributed by atoms with Gasteiger partial charge in [-0.25, -0.2) is 0 Å². The lowest BCUT2D eigenvalue weighted by molar-refractivity contribution is 0.546. The molecule has 0 radical (unpaired) electrons. The minimum Gasteiger partial charge on any atom is -0.0614 e. The highest BCUT2D eigenvalue weighted by atomic mass is 14.3. The molecule has 0 nitrogen and oxygen atoms in total. The van der Waals surface area contributed by atoms with Crippen LogP contribution in [0.15, 0.2) is 36.4 Å². The summed E-state index contributed by atoms with van der Waals surface area (Å²) < 4.78 is 0. The van der Waals surface area contributed by atoms with E-state index in [9.17, 15) is 0 Å². The molecule has 0 bridgehead atoms. The molecular weight excluding hydrogens is 168 g/mol. The van der Waals surface area contributed by atoms with Crippen molar-refractivity contribution in [1.82, 2.24) is 0 Å². The van der Waals surface area contributed by atoms with Gasteiger partial charge in [0, 0.05) is 0 Å². The molecule has 0 aliphatic heterocycles. The Morgan fingerprint density at radius 1 is 1.00 bits per heavy atom. The highest BCUT2D eigenvalue weighted by Gasteiger charge is 2.30.